The largest absolute Gasteiger partial charge is 0.461 e. The van der Waals surface area contributed by atoms with E-state index in [-0.39, 0.29) is 6.61 Å². The van der Waals surface area contributed by atoms with Gasteiger partial charge in [-0.2, -0.15) is 0 Å². The molecule has 0 radical (unpaired) electrons. The van der Waals surface area contributed by atoms with E-state index in [4.69, 9.17) is 10.5 Å². The minimum absolute atomic E-state index is 0.194. The van der Waals surface area contributed by atoms with Gasteiger partial charge in [-0.1, -0.05) is 0 Å². The van der Waals surface area contributed by atoms with Crippen LogP contribution in [-0.2, 0) is 4.74 Å². The zero-order valence-corrected chi connectivity index (χ0v) is 9.63. The Labute approximate surface area is 92.7 Å². The standard InChI is InChI=1S/C10H15NO3S/c1-10(2,13)4-5-14-9(12)8-7(11)3-6-15-8/h3,6,13H,4-5,11H2,1-2H3. The van der Waals surface area contributed by atoms with Crippen molar-refractivity contribution in [2.24, 2.45) is 0 Å². The Bertz CT molecular complexity index is 341. The van der Waals surface area contributed by atoms with E-state index in [1.165, 1.54) is 11.3 Å². The molecule has 0 saturated carbocycles. The van der Waals surface area contributed by atoms with Crippen molar-refractivity contribution >= 4 is 23.0 Å². The number of hydrogen-bond acceptors (Lipinski definition) is 5. The van der Waals surface area contributed by atoms with Gasteiger partial charge in [-0.3, -0.25) is 0 Å². The summed E-state index contributed by atoms with van der Waals surface area (Å²) in [4.78, 5) is 11.9. The number of ether oxygens (including phenoxy) is 1. The second-order valence-corrected chi connectivity index (χ2v) is 4.82. The molecule has 3 N–H and O–H groups in total. The van der Waals surface area contributed by atoms with Gasteiger partial charge >= 0.3 is 5.97 Å². The lowest BCUT2D eigenvalue weighted by molar-refractivity contribution is 0.0249. The van der Waals surface area contributed by atoms with Crippen molar-refractivity contribution in [2.45, 2.75) is 25.9 Å². The van der Waals surface area contributed by atoms with Crippen LogP contribution in [-0.4, -0.2) is 23.3 Å². The van der Waals surface area contributed by atoms with Crippen LogP contribution in [0.4, 0.5) is 5.69 Å². The van der Waals surface area contributed by atoms with Crippen LogP contribution in [0.2, 0.25) is 0 Å². The number of thiophene rings is 1. The molecule has 0 unspecified atom stereocenters. The van der Waals surface area contributed by atoms with E-state index in [1.807, 2.05) is 0 Å². The molecular weight excluding hydrogens is 214 g/mol. The van der Waals surface area contributed by atoms with Gasteiger partial charge in [0.15, 0.2) is 0 Å². The zero-order valence-electron chi connectivity index (χ0n) is 8.82. The number of nitrogen functional groups attached to an aromatic ring is 1. The highest BCUT2D eigenvalue weighted by atomic mass is 32.1. The number of carbonyl (C=O) groups is 1. The number of rotatable bonds is 4. The number of nitrogens with two attached hydrogens (primary N) is 1. The van der Waals surface area contributed by atoms with Crippen LogP contribution in [0.5, 0.6) is 0 Å². The number of anilines is 1. The molecule has 5 heteroatoms. The zero-order chi connectivity index (χ0) is 11.5. The van der Waals surface area contributed by atoms with E-state index in [0.717, 1.165) is 0 Å². The minimum atomic E-state index is -0.818. The van der Waals surface area contributed by atoms with Gasteiger partial charge < -0.3 is 15.6 Å². The Morgan fingerprint density at radius 1 is 1.67 bits per heavy atom. The first-order valence-corrected chi connectivity index (χ1v) is 5.50. The Morgan fingerprint density at radius 3 is 2.80 bits per heavy atom. The number of aliphatic hydroxyl groups is 1. The quantitative estimate of drug-likeness (QED) is 0.770. The molecule has 0 aliphatic rings. The highest BCUT2D eigenvalue weighted by Crippen LogP contribution is 2.20. The lowest BCUT2D eigenvalue weighted by Crippen LogP contribution is -2.22. The minimum Gasteiger partial charge on any atom is -0.461 e. The highest BCUT2D eigenvalue weighted by Gasteiger charge is 2.16. The summed E-state index contributed by atoms with van der Waals surface area (Å²) in [5, 5.41) is 11.1. The van der Waals surface area contributed by atoms with Gasteiger partial charge in [-0.15, -0.1) is 11.3 Å². The van der Waals surface area contributed by atoms with Crippen LogP contribution < -0.4 is 5.73 Å². The Balaban J connectivity index is 2.41. The summed E-state index contributed by atoms with van der Waals surface area (Å²) in [7, 11) is 0. The molecule has 0 spiro atoms. The molecule has 1 rings (SSSR count). The highest BCUT2D eigenvalue weighted by molar-refractivity contribution is 7.12. The second-order valence-electron chi connectivity index (χ2n) is 3.90. The molecule has 1 aromatic heterocycles. The van der Waals surface area contributed by atoms with Crippen molar-refractivity contribution < 1.29 is 14.6 Å². The Hall–Kier alpha value is -1.07. The van der Waals surface area contributed by atoms with Crippen molar-refractivity contribution in [2.75, 3.05) is 12.3 Å². The fourth-order valence-electron chi connectivity index (χ4n) is 0.944. The third-order valence-corrected chi connectivity index (χ3v) is 2.74. The normalized spacial score (nSPS) is 11.4. The average molecular weight is 229 g/mol. The smallest absolute Gasteiger partial charge is 0.350 e. The van der Waals surface area contributed by atoms with Gasteiger partial charge in [0.1, 0.15) is 4.88 Å². The second kappa shape index (κ2) is 4.63. The van der Waals surface area contributed by atoms with Crippen molar-refractivity contribution in [3.8, 4) is 0 Å². The number of carbonyl (C=O) groups excluding carboxylic acids is 1. The Morgan fingerprint density at radius 2 is 2.33 bits per heavy atom. The van der Waals surface area contributed by atoms with E-state index in [0.29, 0.717) is 17.0 Å². The molecule has 0 aliphatic carbocycles. The van der Waals surface area contributed by atoms with Gasteiger partial charge in [0, 0.05) is 6.42 Å². The maximum atomic E-state index is 11.4. The molecule has 0 atom stereocenters. The average Bonchev–Trinajstić information content (AvgIpc) is 2.48. The van der Waals surface area contributed by atoms with Gasteiger partial charge in [-0.25, -0.2) is 4.79 Å². The summed E-state index contributed by atoms with van der Waals surface area (Å²) in [6.07, 6.45) is 0.407. The third-order valence-electron chi connectivity index (χ3n) is 1.83. The van der Waals surface area contributed by atoms with E-state index < -0.39 is 11.6 Å². The van der Waals surface area contributed by atoms with E-state index in [1.54, 1.807) is 25.3 Å². The maximum absolute atomic E-state index is 11.4. The summed E-state index contributed by atoms with van der Waals surface area (Å²) < 4.78 is 4.97. The third kappa shape index (κ3) is 3.89. The molecule has 15 heavy (non-hydrogen) atoms. The fraction of sp³-hybridized carbons (Fsp3) is 0.500. The molecule has 0 aromatic carbocycles. The molecule has 0 saturated heterocycles. The predicted molar refractivity (Wildman–Crippen MR) is 59.9 cm³/mol. The SMILES string of the molecule is CC(C)(O)CCOC(=O)c1sccc1N. The fourth-order valence-corrected chi connectivity index (χ4v) is 1.65. The topological polar surface area (TPSA) is 72.5 Å². The molecule has 4 nitrogen and oxygen atoms in total. The molecule has 84 valence electrons. The van der Waals surface area contributed by atoms with Crippen LogP contribution in [0.25, 0.3) is 0 Å². The first kappa shape index (κ1) is 12.0. The summed E-state index contributed by atoms with van der Waals surface area (Å²) in [6.45, 7) is 3.53. The summed E-state index contributed by atoms with van der Waals surface area (Å²) in [5.41, 5.74) is 5.18. The van der Waals surface area contributed by atoms with E-state index in [9.17, 15) is 9.90 Å². The Kier molecular flexibility index (Phi) is 3.71. The molecule has 0 amide bonds. The summed E-state index contributed by atoms with van der Waals surface area (Å²) in [6, 6.07) is 1.66. The van der Waals surface area contributed by atoms with Crippen molar-refractivity contribution in [3.63, 3.8) is 0 Å². The molecule has 0 bridgehead atoms. The number of esters is 1. The van der Waals surface area contributed by atoms with Crippen LogP contribution >= 0.6 is 11.3 Å². The number of hydrogen-bond donors (Lipinski definition) is 2. The van der Waals surface area contributed by atoms with Crippen LogP contribution in [0.15, 0.2) is 11.4 Å². The molecule has 1 aromatic rings. The maximum Gasteiger partial charge on any atom is 0.350 e. The van der Waals surface area contributed by atoms with Gasteiger partial charge in [0.2, 0.25) is 0 Å². The molecule has 0 fully saturated rings. The van der Waals surface area contributed by atoms with Crippen LogP contribution in [0, 0.1) is 0 Å². The molecule has 0 aliphatic heterocycles. The van der Waals surface area contributed by atoms with Gasteiger partial charge in [0.25, 0.3) is 0 Å². The molecular formula is C10H15NO3S. The lowest BCUT2D eigenvalue weighted by Gasteiger charge is -2.16. The van der Waals surface area contributed by atoms with Crippen molar-refractivity contribution in [3.05, 3.63) is 16.3 Å². The first-order valence-electron chi connectivity index (χ1n) is 4.62. The van der Waals surface area contributed by atoms with Crippen molar-refractivity contribution in [1.29, 1.82) is 0 Å². The summed E-state index contributed by atoms with van der Waals surface area (Å²) in [5.74, 6) is -0.424. The van der Waals surface area contributed by atoms with Gasteiger partial charge in [0.05, 0.1) is 17.9 Å². The predicted octanol–water partition coefficient (Wildman–Crippen LogP) is 1.65. The summed E-state index contributed by atoms with van der Waals surface area (Å²) >= 11 is 1.25. The van der Waals surface area contributed by atoms with Crippen LogP contribution in [0.1, 0.15) is 29.9 Å². The van der Waals surface area contributed by atoms with Gasteiger partial charge in [-0.05, 0) is 25.3 Å². The van der Waals surface area contributed by atoms with E-state index in [2.05, 4.69) is 0 Å². The molecule has 1 heterocycles. The monoisotopic (exact) mass is 229 g/mol. The van der Waals surface area contributed by atoms with Crippen molar-refractivity contribution in [1.82, 2.24) is 0 Å². The first-order chi connectivity index (χ1) is 6.90. The lowest BCUT2D eigenvalue weighted by atomic mass is 10.1. The van der Waals surface area contributed by atoms with E-state index >= 15 is 0 Å². The van der Waals surface area contributed by atoms with Crippen LogP contribution in [0.3, 0.4) is 0 Å².